The minimum atomic E-state index is 0.325. The van der Waals surface area contributed by atoms with E-state index in [2.05, 4.69) is 23.8 Å². The average Bonchev–Trinajstić information content (AvgIpc) is 2.22. The molecule has 0 saturated heterocycles. The van der Waals surface area contributed by atoms with Gasteiger partial charge in [-0.2, -0.15) is 9.97 Å². The Morgan fingerprint density at radius 3 is 1.67 bits per heavy atom. The first-order valence-corrected chi connectivity index (χ1v) is 4.82. The summed E-state index contributed by atoms with van der Waals surface area (Å²) in [5.41, 5.74) is 5.92. The standard InChI is InChI=1S/C7H11N3O2.C3H8/c1-4-9-6(11-2)5(8)7(10-4)12-3;1-3-2/h8H2,1-3H3;3H2,1-2H3. The largest absolute Gasteiger partial charge is 0.479 e. The summed E-state index contributed by atoms with van der Waals surface area (Å²) in [5, 5.41) is 0. The molecule has 5 heteroatoms. The van der Waals surface area contributed by atoms with Crippen molar-refractivity contribution in [3.05, 3.63) is 5.82 Å². The van der Waals surface area contributed by atoms with Crippen LogP contribution in [-0.2, 0) is 0 Å². The minimum absolute atomic E-state index is 0.325. The van der Waals surface area contributed by atoms with Gasteiger partial charge in [-0.15, -0.1) is 0 Å². The van der Waals surface area contributed by atoms with E-state index in [4.69, 9.17) is 15.2 Å². The van der Waals surface area contributed by atoms with E-state index in [9.17, 15) is 0 Å². The quantitative estimate of drug-likeness (QED) is 0.811. The van der Waals surface area contributed by atoms with Crippen molar-refractivity contribution in [2.45, 2.75) is 27.2 Å². The summed E-state index contributed by atoms with van der Waals surface area (Å²) in [6.07, 6.45) is 1.25. The SMILES string of the molecule is CCC.COc1nc(C)nc(OC)c1N. The number of rotatable bonds is 2. The zero-order chi connectivity index (χ0) is 11.8. The third-order valence-electron chi connectivity index (χ3n) is 1.37. The van der Waals surface area contributed by atoms with Crippen molar-refractivity contribution >= 4 is 5.69 Å². The van der Waals surface area contributed by atoms with E-state index in [1.54, 1.807) is 6.92 Å². The molecule has 1 heterocycles. The molecule has 0 aliphatic heterocycles. The fourth-order valence-corrected chi connectivity index (χ4v) is 0.842. The number of nitrogen functional groups attached to an aromatic ring is 1. The predicted molar refractivity (Wildman–Crippen MR) is 60.3 cm³/mol. The second-order valence-electron chi connectivity index (χ2n) is 2.91. The molecule has 0 saturated carbocycles. The maximum absolute atomic E-state index is 5.60. The number of aromatic nitrogens is 2. The van der Waals surface area contributed by atoms with Crippen molar-refractivity contribution in [3.8, 4) is 11.8 Å². The molecule has 0 bridgehead atoms. The average molecular weight is 213 g/mol. The van der Waals surface area contributed by atoms with Crippen molar-refractivity contribution in [2.75, 3.05) is 20.0 Å². The molecule has 5 nitrogen and oxygen atoms in total. The summed E-state index contributed by atoms with van der Waals surface area (Å²) in [7, 11) is 3.00. The van der Waals surface area contributed by atoms with E-state index in [-0.39, 0.29) is 0 Å². The smallest absolute Gasteiger partial charge is 0.244 e. The third-order valence-corrected chi connectivity index (χ3v) is 1.37. The summed E-state index contributed by atoms with van der Waals surface area (Å²) in [5.74, 6) is 1.26. The highest BCUT2D eigenvalue weighted by Gasteiger charge is 2.09. The zero-order valence-electron chi connectivity index (χ0n) is 10.00. The van der Waals surface area contributed by atoms with Crippen LogP contribution in [0.4, 0.5) is 5.69 Å². The maximum Gasteiger partial charge on any atom is 0.244 e. The summed E-state index contributed by atoms with van der Waals surface area (Å²) >= 11 is 0. The van der Waals surface area contributed by atoms with Gasteiger partial charge < -0.3 is 15.2 Å². The summed E-state index contributed by atoms with van der Waals surface area (Å²) in [6.45, 7) is 5.99. The van der Waals surface area contributed by atoms with E-state index in [0.717, 1.165) is 0 Å². The molecule has 15 heavy (non-hydrogen) atoms. The normalized spacial score (nSPS) is 8.87. The van der Waals surface area contributed by atoms with Gasteiger partial charge >= 0.3 is 0 Å². The molecule has 0 atom stereocenters. The van der Waals surface area contributed by atoms with Gasteiger partial charge in [0.25, 0.3) is 0 Å². The van der Waals surface area contributed by atoms with Crippen LogP contribution in [0.1, 0.15) is 26.1 Å². The molecule has 0 radical (unpaired) electrons. The summed E-state index contributed by atoms with van der Waals surface area (Å²) < 4.78 is 9.82. The third kappa shape index (κ3) is 4.01. The van der Waals surface area contributed by atoms with E-state index in [1.807, 2.05) is 0 Å². The fourth-order valence-electron chi connectivity index (χ4n) is 0.842. The van der Waals surface area contributed by atoms with Crippen LogP contribution in [0, 0.1) is 6.92 Å². The second-order valence-corrected chi connectivity index (χ2v) is 2.91. The van der Waals surface area contributed by atoms with Crippen LogP contribution in [0.15, 0.2) is 0 Å². The Hall–Kier alpha value is -1.52. The monoisotopic (exact) mass is 213 g/mol. The van der Waals surface area contributed by atoms with Gasteiger partial charge in [0, 0.05) is 0 Å². The highest BCUT2D eigenvalue weighted by Crippen LogP contribution is 2.26. The number of aryl methyl sites for hydroxylation is 1. The van der Waals surface area contributed by atoms with Crippen molar-refractivity contribution in [1.82, 2.24) is 9.97 Å². The first-order chi connectivity index (χ1) is 7.10. The van der Waals surface area contributed by atoms with Crippen molar-refractivity contribution in [1.29, 1.82) is 0 Å². The second kappa shape index (κ2) is 6.86. The zero-order valence-corrected chi connectivity index (χ0v) is 10.00. The van der Waals surface area contributed by atoms with Crippen LogP contribution >= 0.6 is 0 Å². The lowest BCUT2D eigenvalue weighted by Crippen LogP contribution is -2.03. The number of hydrogen-bond donors (Lipinski definition) is 1. The Kier molecular flexibility index (Phi) is 6.17. The molecule has 2 N–H and O–H groups in total. The molecule has 0 aromatic carbocycles. The molecule has 0 aliphatic carbocycles. The lowest BCUT2D eigenvalue weighted by molar-refractivity contribution is 0.374. The van der Waals surface area contributed by atoms with Gasteiger partial charge in [-0.25, -0.2) is 0 Å². The van der Waals surface area contributed by atoms with Gasteiger partial charge in [0.1, 0.15) is 5.82 Å². The highest BCUT2D eigenvalue weighted by molar-refractivity contribution is 5.56. The molecule has 0 unspecified atom stereocenters. The molecule has 1 aromatic rings. The van der Waals surface area contributed by atoms with Crippen LogP contribution < -0.4 is 15.2 Å². The van der Waals surface area contributed by atoms with Gasteiger partial charge in [-0.05, 0) is 6.92 Å². The molecule has 86 valence electrons. The van der Waals surface area contributed by atoms with Crippen LogP contribution in [0.5, 0.6) is 11.8 Å². The Morgan fingerprint density at radius 2 is 1.40 bits per heavy atom. The van der Waals surface area contributed by atoms with Crippen LogP contribution in [0.2, 0.25) is 0 Å². The first-order valence-electron chi connectivity index (χ1n) is 4.82. The summed E-state index contributed by atoms with van der Waals surface area (Å²) in [6, 6.07) is 0. The van der Waals surface area contributed by atoms with E-state index in [1.165, 1.54) is 20.6 Å². The van der Waals surface area contributed by atoms with Crippen LogP contribution in [-0.4, -0.2) is 24.2 Å². The predicted octanol–water partition coefficient (Wildman–Crippen LogP) is 1.80. The van der Waals surface area contributed by atoms with E-state index < -0.39 is 0 Å². The van der Waals surface area contributed by atoms with Gasteiger partial charge in [-0.3, -0.25) is 0 Å². The number of methoxy groups -OCH3 is 2. The number of nitrogens with zero attached hydrogens (tertiary/aromatic N) is 2. The van der Waals surface area contributed by atoms with E-state index in [0.29, 0.717) is 23.3 Å². The van der Waals surface area contributed by atoms with Crippen molar-refractivity contribution in [3.63, 3.8) is 0 Å². The lowest BCUT2D eigenvalue weighted by Gasteiger charge is -2.07. The molecular weight excluding hydrogens is 194 g/mol. The minimum Gasteiger partial charge on any atom is -0.479 e. The Bertz CT molecular complexity index is 278. The topological polar surface area (TPSA) is 70.3 Å². The van der Waals surface area contributed by atoms with E-state index >= 15 is 0 Å². The lowest BCUT2D eigenvalue weighted by atomic mass is 10.5. The number of ether oxygens (including phenoxy) is 2. The fraction of sp³-hybridized carbons (Fsp3) is 0.600. The highest BCUT2D eigenvalue weighted by atomic mass is 16.5. The van der Waals surface area contributed by atoms with Crippen LogP contribution in [0.25, 0.3) is 0 Å². The molecule has 0 amide bonds. The number of nitrogens with two attached hydrogens (primary N) is 1. The molecule has 0 fully saturated rings. The van der Waals surface area contributed by atoms with Gasteiger partial charge in [-0.1, -0.05) is 20.3 Å². The van der Waals surface area contributed by atoms with Crippen LogP contribution in [0.3, 0.4) is 0 Å². The van der Waals surface area contributed by atoms with Gasteiger partial charge in [0.15, 0.2) is 5.69 Å². The Morgan fingerprint density at radius 1 is 1.07 bits per heavy atom. The van der Waals surface area contributed by atoms with Gasteiger partial charge in [0.05, 0.1) is 14.2 Å². The number of hydrogen-bond acceptors (Lipinski definition) is 5. The molecule has 1 rings (SSSR count). The Balaban J connectivity index is 0.000000583. The molecular formula is C10H19N3O2. The number of anilines is 1. The molecule has 0 aliphatic rings. The molecule has 1 aromatic heterocycles. The Labute approximate surface area is 90.6 Å². The first kappa shape index (κ1) is 13.5. The van der Waals surface area contributed by atoms with Crippen molar-refractivity contribution in [2.24, 2.45) is 0 Å². The molecule has 0 spiro atoms. The van der Waals surface area contributed by atoms with Crippen molar-refractivity contribution < 1.29 is 9.47 Å². The summed E-state index contributed by atoms with van der Waals surface area (Å²) in [4.78, 5) is 7.92. The maximum atomic E-state index is 5.60. The van der Waals surface area contributed by atoms with Gasteiger partial charge in [0.2, 0.25) is 11.8 Å².